The van der Waals surface area contributed by atoms with E-state index in [4.69, 9.17) is 28.2 Å². The Bertz CT molecular complexity index is 338. The van der Waals surface area contributed by atoms with Crippen molar-refractivity contribution in [3.63, 3.8) is 0 Å². The standard InChI is InChI=1S/C7H7ClN2O2/c8-6-4(10)2-1-3(9)5(6)7(11)12/h1-2H,9-10H2,(H,11,12). The highest BCUT2D eigenvalue weighted by Crippen LogP contribution is 2.27. The van der Waals surface area contributed by atoms with Crippen LogP contribution in [0, 0.1) is 0 Å². The first-order chi connectivity index (χ1) is 5.54. The Morgan fingerprint density at radius 3 is 2.25 bits per heavy atom. The maximum absolute atomic E-state index is 10.6. The van der Waals surface area contributed by atoms with Crippen LogP contribution in [0.4, 0.5) is 11.4 Å². The second kappa shape index (κ2) is 2.91. The van der Waals surface area contributed by atoms with E-state index in [9.17, 15) is 4.79 Å². The fourth-order valence-electron chi connectivity index (χ4n) is 0.824. The van der Waals surface area contributed by atoms with Gasteiger partial charge < -0.3 is 16.6 Å². The summed E-state index contributed by atoms with van der Waals surface area (Å²) in [6.45, 7) is 0. The summed E-state index contributed by atoms with van der Waals surface area (Å²) in [5, 5.41) is 8.64. The van der Waals surface area contributed by atoms with Gasteiger partial charge in [-0.3, -0.25) is 0 Å². The smallest absolute Gasteiger partial charge is 0.339 e. The van der Waals surface area contributed by atoms with E-state index in [0.717, 1.165) is 0 Å². The molecule has 0 aliphatic rings. The molecule has 0 aliphatic carbocycles. The van der Waals surface area contributed by atoms with E-state index in [0.29, 0.717) is 0 Å². The van der Waals surface area contributed by atoms with Gasteiger partial charge in [-0.25, -0.2) is 4.79 Å². The number of hydrogen-bond donors (Lipinski definition) is 3. The van der Waals surface area contributed by atoms with Gasteiger partial charge in [-0.1, -0.05) is 11.6 Å². The van der Waals surface area contributed by atoms with Crippen molar-refractivity contribution in [1.29, 1.82) is 0 Å². The summed E-state index contributed by atoms with van der Waals surface area (Å²) < 4.78 is 0. The molecular formula is C7H7ClN2O2. The first-order valence-corrected chi connectivity index (χ1v) is 3.48. The van der Waals surface area contributed by atoms with Gasteiger partial charge in [-0.05, 0) is 12.1 Å². The third-order valence-electron chi connectivity index (χ3n) is 1.42. The minimum absolute atomic E-state index is 0.0116. The monoisotopic (exact) mass is 186 g/mol. The van der Waals surface area contributed by atoms with E-state index in [1.165, 1.54) is 12.1 Å². The summed E-state index contributed by atoms with van der Waals surface area (Å²) in [5.41, 5.74) is 10.9. The van der Waals surface area contributed by atoms with Gasteiger partial charge in [0.2, 0.25) is 0 Å². The van der Waals surface area contributed by atoms with Crippen molar-refractivity contribution in [1.82, 2.24) is 0 Å². The molecule has 1 aromatic carbocycles. The van der Waals surface area contributed by atoms with Gasteiger partial charge in [0.25, 0.3) is 0 Å². The average molecular weight is 187 g/mol. The second-order valence-electron chi connectivity index (χ2n) is 2.24. The highest BCUT2D eigenvalue weighted by atomic mass is 35.5. The molecule has 64 valence electrons. The molecule has 0 saturated carbocycles. The minimum Gasteiger partial charge on any atom is -0.478 e. The number of aromatic carboxylic acids is 1. The van der Waals surface area contributed by atoms with Crippen LogP contribution < -0.4 is 11.5 Å². The van der Waals surface area contributed by atoms with Crippen molar-refractivity contribution in [2.75, 3.05) is 11.5 Å². The highest BCUT2D eigenvalue weighted by Gasteiger charge is 2.14. The van der Waals surface area contributed by atoms with Crippen LogP contribution >= 0.6 is 11.6 Å². The fraction of sp³-hybridized carbons (Fsp3) is 0. The number of carboxylic acid groups (broad SMARTS) is 1. The predicted molar refractivity (Wildman–Crippen MR) is 47.2 cm³/mol. The van der Waals surface area contributed by atoms with Gasteiger partial charge in [-0.15, -0.1) is 0 Å². The lowest BCUT2D eigenvalue weighted by atomic mass is 10.1. The van der Waals surface area contributed by atoms with Crippen LogP contribution in [0.2, 0.25) is 5.02 Å². The van der Waals surface area contributed by atoms with Gasteiger partial charge in [0.05, 0.1) is 10.7 Å². The molecule has 5 heteroatoms. The van der Waals surface area contributed by atoms with E-state index in [1.54, 1.807) is 0 Å². The number of anilines is 2. The van der Waals surface area contributed by atoms with Crippen molar-refractivity contribution < 1.29 is 9.90 Å². The number of carboxylic acids is 1. The molecule has 0 radical (unpaired) electrons. The molecule has 0 heterocycles. The Kier molecular flexibility index (Phi) is 2.10. The molecular weight excluding hydrogens is 180 g/mol. The second-order valence-corrected chi connectivity index (χ2v) is 2.62. The van der Waals surface area contributed by atoms with Gasteiger partial charge in [-0.2, -0.15) is 0 Å². The van der Waals surface area contributed by atoms with E-state index < -0.39 is 5.97 Å². The SMILES string of the molecule is Nc1ccc(N)c(C(=O)O)c1Cl. The summed E-state index contributed by atoms with van der Waals surface area (Å²) in [4.78, 5) is 10.6. The molecule has 0 amide bonds. The number of carbonyl (C=O) groups is 1. The quantitative estimate of drug-likeness (QED) is 0.575. The Morgan fingerprint density at radius 2 is 1.83 bits per heavy atom. The lowest BCUT2D eigenvalue weighted by Crippen LogP contribution is -2.04. The molecule has 0 spiro atoms. The van der Waals surface area contributed by atoms with Gasteiger partial charge in [0.1, 0.15) is 5.56 Å². The summed E-state index contributed by atoms with van der Waals surface area (Å²) >= 11 is 5.61. The Balaban J connectivity index is 3.43. The van der Waals surface area contributed by atoms with E-state index >= 15 is 0 Å². The van der Waals surface area contributed by atoms with Crippen LogP contribution in [0.3, 0.4) is 0 Å². The summed E-state index contributed by atoms with van der Waals surface area (Å²) in [6.07, 6.45) is 0. The molecule has 0 unspecified atom stereocenters. The molecule has 4 nitrogen and oxygen atoms in total. The van der Waals surface area contributed by atoms with E-state index in [-0.39, 0.29) is 22.0 Å². The summed E-state index contributed by atoms with van der Waals surface area (Å²) in [6, 6.07) is 2.87. The molecule has 0 bridgehead atoms. The van der Waals surface area contributed by atoms with E-state index in [1.807, 2.05) is 0 Å². The Morgan fingerprint density at radius 1 is 1.33 bits per heavy atom. The molecule has 0 saturated heterocycles. The van der Waals surface area contributed by atoms with Crippen LogP contribution in [0.5, 0.6) is 0 Å². The lowest BCUT2D eigenvalue weighted by molar-refractivity contribution is 0.0698. The zero-order valence-corrected chi connectivity index (χ0v) is 6.80. The van der Waals surface area contributed by atoms with Crippen molar-refractivity contribution in [3.05, 3.63) is 22.7 Å². The number of benzene rings is 1. The molecule has 0 aliphatic heterocycles. The van der Waals surface area contributed by atoms with Crippen LogP contribution in [0.1, 0.15) is 10.4 Å². The van der Waals surface area contributed by atoms with Crippen molar-refractivity contribution in [2.24, 2.45) is 0 Å². The Hall–Kier alpha value is -1.42. The van der Waals surface area contributed by atoms with Gasteiger partial charge >= 0.3 is 5.97 Å². The summed E-state index contributed by atoms with van der Waals surface area (Å²) in [7, 11) is 0. The molecule has 12 heavy (non-hydrogen) atoms. The highest BCUT2D eigenvalue weighted by molar-refractivity contribution is 6.36. The van der Waals surface area contributed by atoms with Crippen LogP contribution in [0.25, 0.3) is 0 Å². The molecule has 1 aromatic rings. The van der Waals surface area contributed by atoms with Crippen LogP contribution in [-0.2, 0) is 0 Å². The first-order valence-electron chi connectivity index (χ1n) is 3.10. The average Bonchev–Trinajstić information content (AvgIpc) is 1.97. The van der Waals surface area contributed by atoms with Gasteiger partial charge in [0, 0.05) is 5.69 Å². The molecule has 0 atom stereocenters. The van der Waals surface area contributed by atoms with Crippen molar-refractivity contribution in [3.8, 4) is 0 Å². The zero-order valence-electron chi connectivity index (χ0n) is 6.04. The van der Waals surface area contributed by atoms with Crippen molar-refractivity contribution >= 4 is 28.9 Å². The lowest BCUT2D eigenvalue weighted by Gasteiger charge is -2.04. The number of nitrogen functional groups attached to an aromatic ring is 2. The maximum atomic E-state index is 10.6. The Labute approximate surface area is 73.7 Å². The predicted octanol–water partition coefficient (Wildman–Crippen LogP) is 1.20. The first kappa shape index (κ1) is 8.67. The zero-order chi connectivity index (χ0) is 9.30. The maximum Gasteiger partial charge on any atom is 0.339 e. The third kappa shape index (κ3) is 1.29. The normalized spacial score (nSPS) is 9.75. The minimum atomic E-state index is -1.18. The fourth-order valence-corrected chi connectivity index (χ4v) is 1.08. The largest absolute Gasteiger partial charge is 0.478 e. The topological polar surface area (TPSA) is 89.3 Å². The van der Waals surface area contributed by atoms with Gasteiger partial charge in [0.15, 0.2) is 0 Å². The van der Waals surface area contributed by atoms with E-state index in [2.05, 4.69) is 0 Å². The van der Waals surface area contributed by atoms with Crippen LogP contribution in [-0.4, -0.2) is 11.1 Å². The number of nitrogens with two attached hydrogens (primary N) is 2. The molecule has 0 fully saturated rings. The third-order valence-corrected chi connectivity index (χ3v) is 1.83. The molecule has 0 aromatic heterocycles. The molecule has 1 rings (SSSR count). The molecule has 5 N–H and O–H groups in total. The van der Waals surface area contributed by atoms with Crippen LogP contribution in [0.15, 0.2) is 12.1 Å². The number of hydrogen-bond acceptors (Lipinski definition) is 3. The number of rotatable bonds is 1. The van der Waals surface area contributed by atoms with Crippen molar-refractivity contribution in [2.45, 2.75) is 0 Å². The summed E-state index contributed by atoms with van der Waals surface area (Å²) in [5.74, 6) is -1.18. The number of halogens is 1.